The van der Waals surface area contributed by atoms with Crippen molar-refractivity contribution in [3.8, 4) is 11.1 Å². The lowest BCUT2D eigenvalue weighted by molar-refractivity contribution is -0.141. The van der Waals surface area contributed by atoms with Crippen molar-refractivity contribution in [3.05, 3.63) is 95.6 Å². The van der Waals surface area contributed by atoms with E-state index in [-0.39, 0.29) is 36.3 Å². The van der Waals surface area contributed by atoms with Crippen molar-refractivity contribution in [1.82, 2.24) is 15.5 Å². The number of amides is 2. The van der Waals surface area contributed by atoms with Gasteiger partial charge < -0.3 is 20.5 Å². The van der Waals surface area contributed by atoms with Gasteiger partial charge in [-0.05, 0) is 66.0 Å². The van der Waals surface area contributed by atoms with Gasteiger partial charge in [0.25, 0.3) is 0 Å². The zero-order valence-corrected chi connectivity index (χ0v) is 23.7. The number of hydrogen-bond acceptors (Lipinski definition) is 5. The number of aliphatic carboxylic acids is 1. The Hall–Kier alpha value is -4.17. The zero-order chi connectivity index (χ0) is 29.2. The first kappa shape index (κ1) is 28.0. The Morgan fingerprint density at radius 1 is 0.905 bits per heavy atom. The molecule has 3 aliphatic rings. The molecule has 42 heavy (non-hydrogen) atoms. The molecule has 0 aliphatic heterocycles. The van der Waals surface area contributed by atoms with Gasteiger partial charge in [-0.1, -0.05) is 78.9 Å². The topological polar surface area (TPSA) is 108 Å². The molecule has 3 aromatic rings. The smallest absolute Gasteiger partial charge is 0.407 e. The molecule has 2 fully saturated rings. The number of nitrogens with zero attached hydrogens (tertiary/aromatic N) is 1. The lowest BCUT2D eigenvalue weighted by Gasteiger charge is -2.41. The number of carboxylic acid groups (broad SMARTS) is 1. The summed E-state index contributed by atoms with van der Waals surface area (Å²) >= 11 is 0. The predicted molar refractivity (Wildman–Crippen MR) is 159 cm³/mol. The summed E-state index contributed by atoms with van der Waals surface area (Å²) in [6.07, 6.45) is 1.40. The molecule has 218 valence electrons. The number of carbonyl (C=O) groups is 3. The maximum Gasteiger partial charge on any atom is 0.407 e. The average Bonchev–Trinajstić information content (AvgIpc) is 3.49. The van der Waals surface area contributed by atoms with E-state index in [2.05, 4.69) is 34.9 Å². The normalized spacial score (nSPS) is 22.8. The molecule has 0 saturated heterocycles. The highest BCUT2D eigenvalue weighted by molar-refractivity contribution is 5.86. The largest absolute Gasteiger partial charge is 0.481 e. The van der Waals surface area contributed by atoms with E-state index in [1.165, 1.54) is 0 Å². The summed E-state index contributed by atoms with van der Waals surface area (Å²) < 4.78 is 5.76. The lowest BCUT2D eigenvalue weighted by Crippen LogP contribution is -2.58. The first-order chi connectivity index (χ1) is 20.4. The SMILES string of the molecule is CN(Cc1ccccc1)CC(NC(=O)OCC1c2ccccc2-c2ccccc21)C(=O)N[C@@H]1C[C@@H]2CC(C(=O)O)C[C@@H]21. The summed E-state index contributed by atoms with van der Waals surface area (Å²) in [7, 11) is 1.92. The number of hydrogen-bond donors (Lipinski definition) is 3. The second kappa shape index (κ2) is 12.0. The number of nitrogens with one attached hydrogen (secondary N) is 2. The fourth-order valence-corrected chi connectivity index (χ4v) is 7.13. The van der Waals surface area contributed by atoms with Crippen molar-refractivity contribution in [2.75, 3.05) is 20.2 Å². The quantitative estimate of drug-likeness (QED) is 0.330. The highest BCUT2D eigenvalue weighted by Crippen LogP contribution is 2.50. The number of likely N-dealkylation sites (N-methyl/N-ethyl adjacent to an activating group) is 1. The van der Waals surface area contributed by atoms with Gasteiger partial charge >= 0.3 is 12.1 Å². The summed E-state index contributed by atoms with van der Waals surface area (Å²) in [6, 6.07) is 25.4. The van der Waals surface area contributed by atoms with Crippen LogP contribution in [0.15, 0.2) is 78.9 Å². The van der Waals surface area contributed by atoms with E-state index in [1.807, 2.05) is 66.5 Å². The number of carboxylic acids is 1. The van der Waals surface area contributed by atoms with Crippen LogP contribution in [0.5, 0.6) is 0 Å². The number of benzene rings is 3. The maximum absolute atomic E-state index is 13.5. The van der Waals surface area contributed by atoms with E-state index in [0.717, 1.165) is 34.2 Å². The molecule has 0 heterocycles. The minimum atomic E-state index is -0.829. The second-order valence-corrected chi connectivity index (χ2v) is 12.0. The van der Waals surface area contributed by atoms with E-state index in [9.17, 15) is 19.5 Å². The van der Waals surface area contributed by atoms with Crippen LogP contribution >= 0.6 is 0 Å². The fourth-order valence-electron chi connectivity index (χ4n) is 7.13. The Labute approximate surface area is 246 Å². The summed E-state index contributed by atoms with van der Waals surface area (Å²) in [6.45, 7) is 1.08. The van der Waals surface area contributed by atoms with E-state index in [4.69, 9.17) is 4.74 Å². The molecule has 0 aromatic heterocycles. The molecule has 0 spiro atoms. The highest BCUT2D eigenvalue weighted by Gasteiger charge is 2.50. The van der Waals surface area contributed by atoms with Crippen LogP contribution in [0.2, 0.25) is 0 Å². The summed E-state index contributed by atoms with van der Waals surface area (Å²) in [5.74, 6) is -0.934. The monoisotopic (exact) mass is 567 g/mol. The number of fused-ring (bicyclic) bond motifs is 4. The first-order valence-electron chi connectivity index (χ1n) is 14.7. The van der Waals surface area contributed by atoms with Crippen molar-refractivity contribution in [2.45, 2.75) is 43.8 Å². The minimum Gasteiger partial charge on any atom is -0.481 e. The van der Waals surface area contributed by atoms with Crippen LogP contribution in [0.4, 0.5) is 4.79 Å². The Balaban J connectivity index is 1.11. The van der Waals surface area contributed by atoms with Gasteiger partial charge in [0.2, 0.25) is 5.91 Å². The molecule has 3 aliphatic carbocycles. The van der Waals surface area contributed by atoms with Crippen LogP contribution in [0.3, 0.4) is 0 Å². The third-order valence-electron chi connectivity index (χ3n) is 9.24. The summed E-state index contributed by atoms with van der Waals surface area (Å²) in [4.78, 5) is 40.2. The van der Waals surface area contributed by atoms with Gasteiger partial charge in [0.05, 0.1) is 5.92 Å². The fraction of sp³-hybridized carbons (Fsp3) is 0.382. The first-order valence-corrected chi connectivity index (χ1v) is 14.7. The van der Waals surface area contributed by atoms with Crippen molar-refractivity contribution in [1.29, 1.82) is 0 Å². The van der Waals surface area contributed by atoms with Gasteiger partial charge in [0, 0.05) is 25.0 Å². The van der Waals surface area contributed by atoms with Gasteiger partial charge in [0.15, 0.2) is 0 Å². The maximum atomic E-state index is 13.5. The van der Waals surface area contributed by atoms with Gasteiger partial charge in [-0.15, -0.1) is 0 Å². The minimum absolute atomic E-state index is 0.0712. The van der Waals surface area contributed by atoms with Crippen LogP contribution in [-0.2, 0) is 20.9 Å². The molecule has 0 radical (unpaired) electrons. The Morgan fingerprint density at radius 2 is 1.55 bits per heavy atom. The molecule has 6 rings (SSSR count). The molecule has 2 saturated carbocycles. The molecular formula is C34H37N3O5. The lowest BCUT2D eigenvalue weighted by atomic mass is 9.71. The van der Waals surface area contributed by atoms with Gasteiger partial charge in [-0.3, -0.25) is 14.5 Å². The Kier molecular flexibility index (Phi) is 7.98. The van der Waals surface area contributed by atoms with E-state index in [0.29, 0.717) is 31.8 Å². The molecule has 2 unspecified atom stereocenters. The van der Waals surface area contributed by atoms with Crippen LogP contribution in [0.25, 0.3) is 11.1 Å². The molecule has 8 heteroatoms. The van der Waals surface area contributed by atoms with Gasteiger partial charge in [0.1, 0.15) is 12.6 Å². The predicted octanol–water partition coefficient (Wildman–Crippen LogP) is 4.64. The van der Waals surface area contributed by atoms with Gasteiger partial charge in [-0.25, -0.2) is 4.79 Å². The third kappa shape index (κ3) is 5.77. The van der Waals surface area contributed by atoms with E-state index >= 15 is 0 Å². The number of ether oxygens (including phenoxy) is 1. The van der Waals surface area contributed by atoms with Crippen molar-refractivity contribution in [2.24, 2.45) is 17.8 Å². The van der Waals surface area contributed by atoms with Crippen LogP contribution < -0.4 is 10.6 Å². The van der Waals surface area contributed by atoms with Crippen molar-refractivity contribution < 1.29 is 24.2 Å². The Bertz CT molecular complexity index is 1410. The highest BCUT2D eigenvalue weighted by atomic mass is 16.5. The molecule has 0 bridgehead atoms. The molecule has 8 nitrogen and oxygen atoms in total. The molecular weight excluding hydrogens is 530 g/mol. The molecule has 2 amide bonds. The van der Waals surface area contributed by atoms with E-state index in [1.54, 1.807) is 0 Å². The standard InChI is InChI=1S/C34H37N3O5/c1-37(18-21-9-3-2-4-10-21)19-31(32(38)35-30-17-22-15-23(33(39)40)16-28(22)30)36-34(41)42-20-29-26-13-7-5-11-24(26)25-12-6-8-14-27(25)29/h2-14,22-23,28-31H,15-20H2,1H3,(H,35,38)(H,36,41)(H,39,40)/t22-,23?,28-,30+,31?/m0/s1. The van der Waals surface area contributed by atoms with Crippen LogP contribution in [0.1, 0.15) is 41.9 Å². The van der Waals surface area contributed by atoms with Crippen LogP contribution in [-0.4, -0.2) is 60.3 Å². The zero-order valence-electron chi connectivity index (χ0n) is 23.7. The summed E-state index contributed by atoms with van der Waals surface area (Å²) in [5, 5.41) is 15.4. The number of alkyl carbamates (subject to hydrolysis) is 1. The summed E-state index contributed by atoms with van der Waals surface area (Å²) in [5.41, 5.74) is 5.65. The van der Waals surface area contributed by atoms with Crippen molar-refractivity contribution in [3.63, 3.8) is 0 Å². The number of rotatable bonds is 10. The number of carbonyl (C=O) groups excluding carboxylic acids is 2. The van der Waals surface area contributed by atoms with Gasteiger partial charge in [-0.2, -0.15) is 0 Å². The van der Waals surface area contributed by atoms with Crippen molar-refractivity contribution >= 4 is 18.0 Å². The molecule has 5 atom stereocenters. The Morgan fingerprint density at radius 3 is 2.21 bits per heavy atom. The molecule has 3 aromatic carbocycles. The van der Waals surface area contributed by atoms with E-state index < -0.39 is 18.1 Å². The van der Waals surface area contributed by atoms with Crippen LogP contribution in [0, 0.1) is 17.8 Å². The third-order valence-corrected chi connectivity index (χ3v) is 9.24. The average molecular weight is 568 g/mol. The molecule has 3 N–H and O–H groups in total. The second-order valence-electron chi connectivity index (χ2n) is 12.0.